The third-order valence-electron chi connectivity index (χ3n) is 4.48. The second kappa shape index (κ2) is 10.0. The topological polar surface area (TPSA) is 60.9 Å². The van der Waals surface area contributed by atoms with Crippen molar-refractivity contribution in [2.24, 2.45) is 0 Å². The van der Waals surface area contributed by atoms with E-state index in [1.165, 1.54) is 0 Å². The lowest BCUT2D eigenvalue weighted by atomic mass is 10.0. The van der Waals surface area contributed by atoms with E-state index in [0.717, 1.165) is 30.0 Å². The summed E-state index contributed by atoms with van der Waals surface area (Å²) in [7, 11) is 0. The van der Waals surface area contributed by atoms with Crippen molar-refractivity contribution in [3.63, 3.8) is 0 Å². The van der Waals surface area contributed by atoms with Gasteiger partial charge in [-0.05, 0) is 43.7 Å². The van der Waals surface area contributed by atoms with Gasteiger partial charge >= 0.3 is 5.97 Å². The molecule has 1 N–H and O–H groups in total. The van der Waals surface area contributed by atoms with Crippen molar-refractivity contribution in [3.05, 3.63) is 29.3 Å². The van der Waals surface area contributed by atoms with Gasteiger partial charge in [0.15, 0.2) is 0 Å². The van der Waals surface area contributed by atoms with Crippen molar-refractivity contribution in [2.75, 3.05) is 31.9 Å². The van der Waals surface area contributed by atoms with Crippen LogP contribution in [0.1, 0.15) is 26.2 Å². The Balaban J connectivity index is 1.71. The molecule has 5 nitrogen and oxygen atoms in total. The van der Waals surface area contributed by atoms with E-state index < -0.39 is 5.97 Å². The number of hydrogen-bond acceptors (Lipinski definition) is 4. The SMILES string of the molecule is CCN(CC(=O)O)C1CCN(C(=O)CCSc2ccc(Cl)cc2)CC1. The number of likely N-dealkylation sites (N-methyl/N-ethyl adjacent to an activating group) is 1. The fourth-order valence-corrected chi connectivity index (χ4v) is 4.07. The van der Waals surface area contributed by atoms with Crippen molar-refractivity contribution in [1.29, 1.82) is 0 Å². The highest BCUT2D eigenvalue weighted by Gasteiger charge is 2.26. The Labute approximate surface area is 158 Å². The van der Waals surface area contributed by atoms with E-state index in [1.807, 2.05) is 41.0 Å². The molecule has 1 saturated heterocycles. The molecule has 1 aliphatic rings. The maximum absolute atomic E-state index is 12.4. The first kappa shape index (κ1) is 20.1. The van der Waals surface area contributed by atoms with Gasteiger partial charge < -0.3 is 10.0 Å². The van der Waals surface area contributed by atoms with E-state index in [0.29, 0.717) is 24.5 Å². The fourth-order valence-electron chi connectivity index (χ4n) is 3.10. The number of carboxylic acids is 1. The number of piperidine rings is 1. The first-order valence-electron chi connectivity index (χ1n) is 8.61. The summed E-state index contributed by atoms with van der Waals surface area (Å²) in [6.07, 6.45) is 2.21. The van der Waals surface area contributed by atoms with Crippen LogP contribution in [0.2, 0.25) is 5.02 Å². The van der Waals surface area contributed by atoms with E-state index in [9.17, 15) is 9.59 Å². The number of carbonyl (C=O) groups excluding carboxylic acids is 1. The molecule has 1 aromatic carbocycles. The van der Waals surface area contributed by atoms with Gasteiger partial charge in [0.05, 0.1) is 6.54 Å². The molecule has 1 amide bonds. The number of thioether (sulfide) groups is 1. The molecule has 0 unspecified atom stereocenters. The van der Waals surface area contributed by atoms with Crippen molar-refractivity contribution in [3.8, 4) is 0 Å². The summed E-state index contributed by atoms with van der Waals surface area (Å²) < 4.78 is 0. The van der Waals surface area contributed by atoms with E-state index in [2.05, 4.69) is 0 Å². The summed E-state index contributed by atoms with van der Waals surface area (Å²) in [5.74, 6) is 0.140. The summed E-state index contributed by atoms with van der Waals surface area (Å²) in [5, 5.41) is 9.69. The van der Waals surface area contributed by atoms with Crippen molar-refractivity contribution >= 4 is 35.2 Å². The Kier molecular flexibility index (Phi) is 8.06. The smallest absolute Gasteiger partial charge is 0.317 e. The molecule has 1 heterocycles. The number of likely N-dealkylation sites (tertiary alicyclic amines) is 1. The van der Waals surface area contributed by atoms with Gasteiger partial charge in [-0.1, -0.05) is 18.5 Å². The number of hydrogen-bond donors (Lipinski definition) is 1. The quantitative estimate of drug-likeness (QED) is 0.697. The molecule has 2 rings (SSSR count). The number of benzene rings is 1. The van der Waals surface area contributed by atoms with Gasteiger partial charge in [-0.3, -0.25) is 14.5 Å². The maximum Gasteiger partial charge on any atom is 0.317 e. The number of nitrogens with zero attached hydrogens (tertiary/aromatic N) is 2. The van der Waals surface area contributed by atoms with Gasteiger partial charge in [-0.25, -0.2) is 0 Å². The average Bonchev–Trinajstić information content (AvgIpc) is 2.61. The standard InChI is InChI=1S/C18H25ClN2O3S/c1-2-20(13-18(23)24)15-7-10-21(11-8-15)17(22)9-12-25-16-5-3-14(19)4-6-16/h3-6,15H,2,7-13H2,1H3,(H,23,24). The Bertz CT molecular complexity index is 574. The minimum absolute atomic E-state index is 0.0762. The molecule has 0 aromatic heterocycles. The third kappa shape index (κ3) is 6.53. The molecule has 1 fully saturated rings. The van der Waals surface area contributed by atoms with E-state index >= 15 is 0 Å². The zero-order valence-corrected chi connectivity index (χ0v) is 16.1. The highest BCUT2D eigenvalue weighted by molar-refractivity contribution is 7.99. The van der Waals surface area contributed by atoms with Gasteiger partial charge in [0, 0.05) is 41.2 Å². The van der Waals surface area contributed by atoms with Crippen LogP contribution in [0.5, 0.6) is 0 Å². The van der Waals surface area contributed by atoms with Crippen molar-refractivity contribution in [2.45, 2.75) is 37.1 Å². The molecule has 1 aliphatic heterocycles. The minimum atomic E-state index is -0.792. The monoisotopic (exact) mass is 384 g/mol. The maximum atomic E-state index is 12.4. The Hall–Kier alpha value is -1.24. The van der Waals surface area contributed by atoms with Gasteiger partial charge in [0.25, 0.3) is 0 Å². The second-order valence-corrected chi connectivity index (χ2v) is 7.73. The summed E-state index contributed by atoms with van der Waals surface area (Å²) in [5.41, 5.74) is 0. The molecule has 25 heavy (non-hydrogen) atoms. The first-order valence-corrected chi connectivity index (χ1v) is 9.98. The predicted molar refractivity (Wildman–Crippen MR) is 101 cm³/mol. The van der Waals surface area contributed by atoms with E-state index in [4.69, 9.17) is 16.7 Å². The Morgan fingerprint density at radius 3 is 2.48 bits per heavy atom. The third-order valence-corrected chi connectivity index (χ3v) is 5.74. The van der Waals surface area contributed by atoms with Crippen LogP contribution >= 0.6 is 23.4 Å². The largest absolute Gasteiger partial charge is 0.480 e. The molecule has 0 bridgehead atoms. The predicted octanol–water partition coefficient (Wildman–Crippen LogP) is 3.22. The molecule has 0 radical (unpaired) electrons. The molecular weight excluding hydrogens is 360 g/mol. The molecule has 0 spiro atoms. The lowest BCUT2D eigenvalue weighted by molar-refractivity contribution is -0.140. The number of rotatable bonds is 8. The van der Waals surface area contributed by atoms with Crippen LogP contribution < -0.4 is 0 Å². The zero-order chi connectivity index (χ0) is 18.2. The van der Waals surface area contributed by atoms with Crippen LogP contribution in [0.3, 0.4) is 0 Å². The number of carbonyl (C=O) groups is 2. The normalized spacial score (nSPS) is 15.6. The zero-order valence-electron chi connectivity index (χ0n) is 14.5. The number of carboxylic acid groups (broad SMARTS) is 1. The minimum Gasteiger partial charge on any atom is -0.480 e. The van der Waals surface area contributed by atoms with E-state index in [1.54, 1.807) is 11.8 Å². The van der Waals surface area contributed by atoms with Gasteiger partial charge in [0.2, 0.25) is 5.91 Å². The molecule has 0 aliphatic carbocycles. The molecule has 1 aromatic rings. The van der Waals surface area contributed by atoms with Gasteiger partial charge in [0.1, 0.15) is 0 Å². The number of aliphatic carboxylic acids is 1. The van der Waals surface area contributed by atoms with Gasteiger partial charge in [-0.2, -0.15) is 0 Å². The summed E-state index contributed by atoms with van der Waals surface area (Å²) in [6, 6.07) is 7.89. The molecular formula is C18H25ClN2O3S. The van der Waals surface area contributed by atoms with Crippen LogP contribution in [0.4, 0.5) is 0 Å². The lowest BCUT2D eigenvalue weighted by Crippen LogP contribution is -2.48. The van der Waals surface area contributed by atoms with Crippen LogP contribution in [0, 0.1) is 0 Å². The highest BCUT2D eigenvalue weighted by Crippen LogP contribution is 2.22. The highest BCUT2D eigenvalue weighted by atomic mass is 35.5. The first-order chi connectivity index (χ1) is 12.0. The molecule has 7 heteroatoms. The average molecular weight is 385 g/mol. The van der Waals surface area contributed by atoms with Crippen LogP contribution in [-0.4, -0.2) is 64.8 Å². The van der Waals surface area contributed by atoms with Crippen molar-refractivity contribution < 1.29 is 14.7 Å². The Morgan fingerprint density at radius 2 is 1.92 bits per heavy atom. The molecule has 138 valence electrons. The molecule has 0 saturated carbocycles. The van der Waals surface area contributed by atoms with Crippen LogP contribution in [0.15, 0.2) is 29.2 Å². The second-order valence-electron chi connectivity index (χ2n) is 6.12. The number of halogens is 1. The van der Waals surface area contributed by atoms with Gasteiger partial charge in [-0.15, -0.1) is 11.8 Å². The summed E-state index contributed by atoms with van der Waals surface area (Å²) >= 11 is 7.52. The van der Waals surface area contributed by atoms with Crippen LogP contribution in [-0.2, 0) is 9.59 Å². The molecule has 0 atom stereocenters. The summed E-state index contributed by atoms with van der Waals surface area (Å²) in [6.45, 7) is 4.21. The summed E-state index contributed by atoms with van der Waals surface area (Å²) in [4.78, 5) is 28.3. The van der Waals surface area contributed by atoms with Crippen LogP contribution in [0.25, 0.3) is 0 Å². The van der Waals surface area contributed by atoms with Crippen molar-refractivity contribution in [1.82, 2.24) is 9.80 Å². The fraction of sp³-hybridized carbons (Fsp3) is 0.556. The Morgan fingerprint density at radius 1 is 1.28 bits per heavy atom. The van der Waals surface area contributed by atoms with E-state index in [-0.39, 0.29) is 18.5 Å². The lowest BCUT2D eigenvalue weighted by Gasteiger charge is -2.37. The number of amides is 1.